The summed E-state index contributed by atoms with van der Waals surface area (Å²) in [6.45, 7) is 9.61. The van der Waals surface area contributed by atoms with Crippen LogP contribution in [0.1, 0.15) is 31.7 Å². The summed E-state index contributed by atoms with van der Waals surface area (Å²) in [7, 11) is 4.11. The van der Waals surface area contributed by atoms with Crippen molar-refractivity contribution in [2.45, 2.75) is 32.7 Å². The van der Waals surface area contributed by atoms with Crippen LogP contribution in [0, 0.1) is 0 Å². The van der Waals surface area contributed by atoms with Crippen LogP contribution in [-0.2, 0) is 6.54 Å². The fourth-order valence-electron chi connectivity index (χ4n) is 3.13. The van der Waals surface area contributed by atoms with E-state index in [1.54, 1.807) is 0 Å². The second kappa shape index (κ2) is 12.6. The largest absolute Gasteiger partial charge is 0.492 e. The topological polar surface area (TPSA) is 52.1 Å². The maximum Gasteiger partial charge on any atom is 0.191 e. The molecule has 1 aliphatic rings. The average molecular weight is 376 g/mol. The van der Waals surface area contributed by atoms with Crippen molar-refractivity contribution in [3.05, 3.63) is 29.8 Å². The number of likely N-dealkylation sites (tertiary alicyclic amines) is 1. The molecule has 2 N–H and O–H groups in total. The number of hydrogen-bond acceptors (Lipinski definition) is 4. The molecule has 0 amide bonds. The fourth-order valence-corrected chi connectivity index (χ4v) is 3.13. The van der Waals surface area contributed by atoms with Gasteiger partial charge in [0.15, 0.2) is 5.96 Å². The standard InChI is InChI=1S/C21H37N5O/c1-4-22-21(23-12-15-26-13-8-5-9-14-26)24-18-19-10-6-7-11-20(19)27-17-16-25(2)3/h6-7,10-11H,4-5,8-9,12-18H2,1-3H3,(H2,22,23,24). The Morgan fingerprint density at radius 1 is 1.15 bits per heavy atom. The second-order valence-electron chi connectivity index (χ2n) is 7.28. The lowest BCUT2D eigenvalue weighted by atomic mass is 10.1. The predicted octanol–water partition coefficient (Wildman–Crippen LogP) is 2.17. The quantitative estimate of drug-likeness (QED) is 0.485. The van der Waals surface area contributed by atoms with E-state index < -0.39 is 0 Å². The van der Waals surface area contributed by atoms with Crippen molar-refractivity contribution < 1.29 is 4.74 Å². The molecule has 0 spiro atoms. The Morgan fingerprint density at radius 3 is 2.67 bits per heavy atom. The van der Waals surface area contributed by atoms with Crippen molar-refractivity contribution in [2.75, 3.05) is 60.0 Å². The molecule has 1 aliphatic heterocycles. The normalized spacial score (nSPS) is 15.8. The minimum Gasteiger partial charge on any atom is -0.492 e. The summed E-state index contributed by atoms with van der Waals surface area (Å²) in [6.07, 6.45) is 4.04. The van der Waals surface area contributed by atoms with Crippen molar-refractivity contribution in [2.24, 2.45) is 4.99 Å². The van der Waals surface area contributed by atoms with Crippen LogP contribution in [0.2, 0.25) is 0 Å². The van der Waals surface area contributed by atoms with Gasteiger partial charge in [-0.05, 0) is 53.0 Å². The van der Waals surface area contributed by atoms with E-state index in [0.717, 1.165) is 43.5 Å². The van der Waals surface area contributed by atoms with Crippen molar-refractivity contribution in [3.63, 3.8) is 0 Å². The molecule has 0 unspecified atom stereocenters. The van der Waals surface area contributed by atoms with Crippen molar-refractivity contribution in [3.8, 4) is 5.75 Å². The van der Waals surface area contributed by atoms with Gasteiger partial charge in [0.2, 0.25) is 0 Å². The van der Waals surface area contributed by atoms with Crippen LogP contribution in [-0.4, -0.2) is 75.7 Å². The Morgan fingerprint density at radius 2 is 1.93 bits per heavy atom. The summed E-state index contributed by atoms with van der Waals surface area (Å²) in [5.74, 6) is 1.80. The fraction of sp³-hybridized carbons (Fsp3) is 0.667. The molecule has 0 radical (unpaired) electrons. The number of hydrogen-bond donors (Lipinski definition) is 2. The summed E-state index contributed by atoms with van der Waals surface area (Å²) in [4.78, 5) is 9.41. The number of rotatable bonds is 10. The smallest absolute Gasteiger partial charge is 0.191 e. The molecule has 0 bridgehead atoms. The van der Waals surface area contributed by atoms with Gasteiger partial charge in [-0.1, -0.05) is 24.6 Å². The highest BCUT2D eigenvalue weighted by molar-refractivity contribution is 5.79. The average Bonchev–Trinajstić information content (AvgIpc) is 2.67. The number of nitrogens with zero attached hydrogens (tertiary/aromatic N) is 3. The molecule has 2 rings (SSSR count). The van der Waals surface area contributed by atoms with E-state index in [4.69, 9.17) is 9.73 Å². The number of likely N-dealkylation sites (N-methyl/N-ethyl adjacent to an activating group) is 1. The summed E-state index contributed by atoms with van der Waals surface area (Å²) in [5, 5.41) is 6.81. The van der Waals surface area contributed by atoms with E-state index in [-0.39, 0.29) is 0 Å². The van der Waals surface area contributed by atoms with Gasteiger partial charge in [-0.3, -0.25) is 0 Å². The van der Waals surface area contributed by atoms with Gasteiger partial charge in [0, 0.05) is 31.7 Å². The number of nitrogens with one attached hydrogen (secondary N) is 2. The number of benzene rings is 1. The van der Waals surface area contributed by atoms with Gasteiger partial charge in [0.1, 0.15) is 12.4 Å². The van der Waals surface area contributed by atoms with Crippen LogP contribution < -0.4 is 15.4 Å². The maximum absolute atomic E-state index is 5.94. The minimum atomic E-state index is 0.608. The molecule has 1 heterocycles. The van der Waals surface area contributed by atoms with E-state index in [0.29, 0.717) is 13.2 Å². The van der Waals surface area contributed by atoms with Crippen molar-refractivity contribution >= 4 is 5.96 Å². The van der Waals surface area contributed by atoms with Crippen LogP contribution in [0.15, 0.2) is 29.3 Å². The highest BCUT2D eigenvalue weighted by Crippen LogP contribution is 2.18. The number of para-hydroxylation sites is 1. The summed E-state index contributed by atoms with van der Waals surface area (Å²) in [6, 6.07) is 8.17. The molecule has 0 atom stereocenters. The number of ether oxygens (including phenoxy) is 1. The van der Waals surface area contributed by atoms with Crippen LogP contribution in [0.3, 0.4) is 0 Å². The monoisotopic (exact) mass is 375 g/mol. The lowest BCUT2D eigenvalue weighted by molar-refractivity contribution is 0.232. The molecule has 27 heavy (non-hydrogen) atoms. The van der Waals surface area contributed by atoms with Gasteiger partial charge in [0.25, 0.3) is 0 Å². The zero-order chi connectivity index (χ0) is 19.3. The SMILES string of the molecule is CCNC(=NCc1ccccc1OCCN(C)C)NCCN1CCCCC1. The molecule has 6 heteroatoms. The molecule has 152 valence electrons. The molecule has 1 aromatic rings. The predicted molar refractivity (Wildman–Crippen MR) is 114 cm³/mol. The molecule has 1 fully saturated rings. The third kappa shape index (κ3) is 8.63. The Kier molecular flexibility index (Phi) is 10.0. The molecule has 1 aromatic carbocycles. The Labute approximate surface area is 165 Å². The Balaban J connectivity index is 1.85. The van der Waals surface area contributed by atoms with Gasteiger partial charge in [-0.25, -0.2) is 4.99 Å². The molecular weight excluding hydrogens is 338 g/mol. The number of aliphatic imine (C=N–C) groups is 1. The first-order valence-electron chi connectivity index (χ1n) is 10.3. The lowest BCUT2D eigenvalue weighted by Crippen LogP contribution is -2.42. The van der Waals surface area contributed by atoms with Gasteiger partial charge < -0.3 is 25.2 Å². The van der Waals surface area contributed by atoms with Gasteiger partial charge in [0.05, 0.1) is 6.54 Å². The first kappa shape index (κ1) is 21.5. The first-order valence-corrected chi connectivity index (χ1v) is 10.3. The van der Waals surface area contributed by atoms with Gasteiger partial charge in [-0.2, -0.15) is 0 Å². The van der Waals surface area contributed by atoms with E-state index in [9.17, 15) is 0 Å². The zero-order valence-electron chi connectivity index (χ0n) is 17.3. The Bertz CT molecular complexity index is 555. The van der Waals surface area contributed by atoms with Crippen LogP contribution >= 0.6 is 0 Å². The van der Waals surface area contributed by atoms with E-state index in [2.05, 4.69) is 47.5 Å². The van der Waals surface area contributed by atoms with Crippen molar-refractivity contribution in [1.29, 1.82) is 0 Å². The third-order valence-corrected chi connectivity index (χ3v) is 4.69. The van der Waals surface area contributed by atoms with E-state index in [1.807, 2.05) is 18.2 Å². The molecule has 0 saturated carbocycles. The van der Waals surface area contributed by atoms with Gasteiger partial charge in [-0.15, -0.1) is 0 Å². The lowest BCUT2D eigenvalue weighted by Gasteiger charge is -2.26. The zero-order valence-corrected chi connectivity index (χ0v) is 17.3. The first-order chi connectivity index (χ1) is 13.2. The summed E-state index contributed by atoms with van der Waals surface area (Å²) >= 11 is 0. The highest BCUT2D eigenvalue weighted by Gasteiger charge is 2.09. The molecule has 1 saturated heterocycles. The molecule has 0 aromatic heterocycles. The number of piperidine rings is 1. The minimum absolute atomic E-state index is 0.608. The molecule has 6 nitrogen and oxygen atoms in total. The third-order valence-electron chi connectivity index (χ3n) is 4.69. The van der Waals surface area contributed by atoms with Gasteiger partial charge >= 0.3 is 0 Å². The Hall–Kier alpha value is -1.79. The van der Waals surface area contributed by atoms with Crippen LogP contribution in [0.5, 0.6) is 5.75 Å². The summed E-state index contributed by atoms with van der Waals surface area (Å²) < 4.78 is 5.94. The van der Waals surface area contributed by atoms with Crippen LogP contribution in [0.25, 0.3) is 0 Å². The summed E-state index contributed by atoms with van der Waals surface area (Å²) in [5.41, 5.74) is 1.12. The molecular formula is C21H37N5O. The maximum atomic E-state index is 5.94. The van der Waals surface area contributed by atoms with E-state index >= 15 is 0 Å². The highest BCUT2D eigenvalue weighted by atomic mass is 16.5. The second-order valence-corrected chi connectivity index (χ2v) is 7.28. The van der Waals surface area contributed by atoms with E-state index in [1.165, 1.54) is 32.4 Å². The van der Waals surface area contributed by atoms with Crippen LogP contribution in [0.4, 0.5) is 0 Å². The number of guanidine groups is 1. The van der Waals surface area contributed by atoms with Crippen molar-refractivity contribution in [1.82, 2.24) is 20.4 Å². The molecule has 0 aliphatic carbocycles.